The molecule has 216 valence electrons. The zero-order valence-electron chi connectivity index (χ0n) is 21.3. The van der Waals surface area contributed by atoms with Crippen LogP contribution in [0.1, 0.15) is 26.2 Å². The van der Waals surface area contributed by atoms with E-state index in [1.807, 2.05) is 6.92 Å². The second-order valence-corrected chi connectivity index (χ2v) is 9.24. The van der Waals surface area contributed by atoms with Gasteiger partial charge in [-0.25, -0.2) is 0 Å². The third kappa shape index (κ3) is 12.0. The van der Waals surface area contributed by atoms with Crippen LogP contribution in [-0.4, -0.2) is 175 Å². The molecule has 0 saturated heterocycles. The summed E-state index contributed by atoms with van der Waals surface area (Å²) in [6.45, 7) is 0.120. The smallest absolute Gasteiger partial charge is 0.239 e. The van der Waals surface area contributed by atoms with Crippen molar-refractivity contribution in [1.82, 2.24) is 15.1 Å². The van der Waals surface area contributed by atoms with E-state index in [-0.39, 0.29) is 25.5 Å². The molecule has 1 amide bonds. The Bertz CT molecular complexity index is 559. The number of aliphatic hydroxyl groups is 10. The van der Waals surface area contributed by atoms with E-state index < -0.39 is 68.1 Å². The first kappa shape index (κ1) is 35.0. The summed E-state index contributed by atoms with van der Waals surface area (Å²) in [5, 5.41) is 101. The number of rotatable bonds is 20. The summed E-state index contributed by atoms with van der Waals surface area (Å²) in [4.78, 5) is 15.2. The number of likely N-dealkylation sites (N-methyl/N-ethyl adjacent to an activating group) is 1. The Balaban J connectivity index is 5.27. The number of hydrogen-bond donors (Lipinski definition) is 11. The summed E-state index contributed by atoms with van der Waals surface area (Å²) >= 11 is 0. The van der Waals surface area contributed by atoms with Crippen molar-refractivity contribution in [2.45, 2.75) is 81.1 Å². The number of aliphatic hydroxyl groups excluding tert-OH is 10. The number of carbonyl (C=O) groups is 1. The molecule has 0 bridgehead atoms. The maximum absolute atomic E-state index is 12.3. The molecular weight excluding hydrogens is 482 g/mol. The van der Waals surface area contributed by atoms with Crippen molar-refractivity contribution in [2.24, 2.45) is 0 Å². The van der Waals surface area contributed by atoms with Crippen LogP contribution in [-0.2, 0) is 4.79 Å². The summed E-state index contributed by atoms with van der Waals surface area (Å²) in [6, 6.07) is -0.400. The minimum absolute atomic E-state index is 0.0846. The molecule has 14 nitrogen and oxygen atoms in total. The molecule has 0 aromatic heterocycles. The monoisotopic (exact) mass is 529 g/mol. The zero-order valence-corrected chi connectivity index (χ0v) is 21.3. The Morgan fingerprint density at radius 2 is 1.17 bits per heavy atom. The van der Waals surface area contributed by atoms with Crippen molar-refractivity contribution in [3.63, 3.8) is 0 Å². The van der Waals surface area contributed by atoms with Gasteiger partial charge < -0.3 is 61.3 Å². The Labute approximate surface area is 212 Å². The average molecular weight is 530 g/mol. The number of nitrogens with one attached hydrogen (secondary N) is 1. The first-order valence-corrected chi connectivity index (χ1v) is 12.1. The van der Waals surface area contributed by atoms with Crippen LogP contribution >= 0.6 is 0 Å². The molecular formula is C22H47N3O11. The summed E-state index contributed by atoms with van der Waals surface area (Å²) in [5.74, 6) is -0.0846. The predicted octanol–water partition coefficient (Wildman–Crippen LogP) is -5.60. The maximum Gasteiger partial charge on any atom is 0.239 e. The topological polar surface area (TPSA) is 238 Å². The molecule has 0 radical (unpaired) electrons. The van der Waals surface area contributed by atoms with Gasteiger partial charge in [0.1, 0.15) is 36.6 Å². The fourth-order valence-electron chi connectivity index (χ4n) is 3.62. The van der Waals surface area contributed by atoms with Crippen LogP contribution in [0, 0.1) is 0 Å². The van der Waals surface area contributed by atoms with Gasteiger partial charge in [0.25, 0.3) is 0 Å². The summed E-state index contributed by atoms with van der Waals surface area (Å²) in [5.41, 5.74) is 0. The highest BCUT2D eigenvalue weighted by Crippen LogP contribution is 2.11. The number of nitrogens with zero attached hydrogens (tertiary/aromatic N) is 2. The summed E-state index contributed by atoms with van der Waals surface area (Å²) < 4.78 is 0. The molecule has 0 spiro atoms. The first-order valence-electron chi connectivity index (χ1n) is 12.1. The van der Waals surface area contributed by atoms with Crippen molar-refractivity contribution in [3.05, 3.63) is 0 Å². The molecule has 11 N–H and O–H groups in total. The first-order chi connectivity index (χ1) is 16.8. The molecule has 0 aliphatic rings. The fourth-order valence-corrected chi connectivity index (χ4v) is 3.62. The van der Waals surface area contributed by atoms with Crippen molar-refractivity contribution in [3.8, 4) is 0 Å². The van der Waals surface area contributed by atoms with E-state index in [1.54, 1.807) is 14.1 Å². The van der Waals surface area contributed by atoms with Crippen molar-refractivity contribution >= 4 is 5.91 Å². The van der Waals surface area contributed by atoms with Gasteiger partial charge in [0.2, 0.25) is 5.91 Å². The van der Waals surface area contributed by atoms with E-state index in [0.717, 1.165) is 6.42 Å². The van der Waals surface area contributed by atoms with Crippen LogP contribution in [0.4, 0.5) is 0 Å². The van der Waals surface area contributed by atoms with Gasteiger partial charge in [0.05, 0.1) is 31.5 Å². The number of carbonyl (C=O) groups excluding carboxylic acids is 1. The summed E-state index contributed by atoms with van der Waals surface area (Å²) in [7, 11) is 3.30. The molecule has 0 aromatic carbocycles. The highest BCUT2D eigenvalue weighted by atomic mass is 16.4. The SMILES string of the molecule is CCC[C@H](NCCCN(C[C@H](O)[C@@H](O)[C@H](O)[C@H](O)CO)C[C@H](O)[C@@H](O)[C@H](O)[C@H](O)CO)C(=O)N(C)C. The minimum Gasteiger partial charge on any atom is -0.394 e. The Hall–Kier alpha value is -1.01. The van der Waals surface area contributed by atoms with Crippen molar-refractivity contribution in [1.29, 1.82) is 0 Å². The third-order valence-electron chi connectivity index (χ3n) is 5.90. The lowest BCUT2D eigenvalue weighted by Gasteiger charge is -2.33. The van der Waals surface area contributed by atoms with Gasteiger partial charge in [0.15, 0.2) is 0 Å². The van der Waals surface area contributed by atoms with E-state index in [0.29, 0.717) is 19.4 Å². The second-order valence-electron chi connectivity index (χ2n) is 9.24. The molecule has 9 atom stereocenters. The minimum atomic E-state index is -1.85. The molecule has 0 rings (SSSR count). The fraction of sp³-hybridized carbons (Fsp3) is 0.955. The van der Waals surface area contributed by atoms with Crippen LogP contribution in [0.15, 0.2) is 0 Å². The second kappa shape index (κ2) is 18.3. The Morgan fingerprint density at radius 1 is 0.750 bits per heavy atom. The van der Waals surface area contributed by atoms with Crippen LogP contribution in [0.3, 0.4) is 0 Å². The third-order valence-corrected chi connectivity index (χ3v) is 5.90. The highest BCUT2D eigenvalue weighted by molar-refractivity contribution is 5.81. The Morgan fingerprint density at radius 3 is 1.53 bits per heavy atom. The largest absolute Gasteiger partial charge is 0.394 e. The molecule has 14 heteroatoms. The number of amides is 1. The molecule has 0 saturated carbocycles. The van der Waals surface area contributed by atoms with Gasteiger partial charge in [-0.2, -0.15) is 0 Å². The number of hydrogen-bond acceptors (Lipinski definition) is 13. The normalized spacial score (nSPS) is 19.7. The molecule has 0 unspecified atom stereocenters. The van der Waals surface area contributed by atoms with E-state index in [9.17, 15) is 45.6 Å². The quantitative estimate of drug-likeness (QED) is 0.0660. The van der Waals surface area contributed by atoms with Gasteiger partial charge in [-0.1, -0.05) is 13.3 Å². The molecule has 0 aromatic rings. The van der Waals surface area contributed by atoms with Crippen LogP contribution < -0.4 is 5.32 Å². The zero-order chi connectivity index (χ0) is 28.0. The van der Waals surface area contributed by atoms with Gasteiger partial charge in [-0.05, 0) is 25.9 Å². The lowest BCUT2D eigenvalue weighted by Crippen LogP contribution is -2.53. The van der Waals surface area contributed by atoms with Crippen molar-refractivity contribution < 1.29 is 55.9 Å². The van der Waals surface area contributed by atoms with Gasteiger partial charge in [0, 0.05) is 27.2 Å². The van der Waals surface area contributed by atoms with E-state index >= 15 is 0 Å². The lowest BCUT2D eigenvalue weighted by atomic mass is 10.0. The van der Waals surface area contributed by atoms with Gasteiger partial charge in [-0.15, -0.1) is 0 Å². The molecule has 0 aliphatic heterocycles. The molecule has 0 heterocycles. The lowest BCUT2D eigenvalue weighted by molar-refractivity contribution is -0.131. The van der Waals surface area contributed by atoms with E-state index in [2.05, 4.69) is 5.32 Å². The van der Waals surface area contributed by atoms with E-state index in [4.69, 9.17) is 10.2 Å². The molecule has 0 fully saturated rings. The van der Waals surface area contributed by atoms with Gasteiger partial charge in [-0.3, -0.25) is 9.69 Å². The van der Waals surface area contributed by atoms with Crippen LogP contribution in [0.5, 0.6) is 0 Å². The molecule has 36 heavy (non-hydrogen) atoms. The van der Waals surface area contributed by atoms with Crippen molar-refractivity contribution in [2.75, 3.05) is 53.5 Å². The van der Waals surface area contributed by atoms with E-state index in [1.165, 1.54) is 9.80 Å². The summed E-state index contributed by atoms with van der Waals surface area (Å²) in [6.07, 6.45) is -12.2. The Kier molecular flexibility index (Phi) is 17.8. The van der Waals surface area contributed by atoms with Gasteiger partial charge >= 0.3 is 0 Å². The highest BCUT2D eigenvalue weighted by Gasteiger charge is 2.34. The average Bonchev–Trinajstić information content (AvgIpc) is 2.86. The maximum atomic E-state index is 12.3. The van der Waals surface area contributed by atoms with Crippen LogP contribution in [0.2, 0.25) is 0 Å². The standard InChI is InChI=1S/C22H47N3O11/c1-4-6-13(22(36)24(2)3)23-7-5-8-25(9-14(28)18(32)20(34)16(30)11-26)10-15(29)19(33)21(35)17(31)12-27/h13-21,23,26-35H,4-12H2,1-3H3/t13-,14-,15-,16+,17+,18+,19+,20+,21+/m0/s1. The molecule has 0 aliphatic carbocycles. The van der Waals surface area contributed by atoms with Crippen LogP contribution in [0.25, 0.3) is 0 Å². The predicted molar refractivity (Wildman–Crippen MR) is 129 cm³/mol.